The van der Waals surface area contributed by atoms with Crippen molar-refractivity contribution in [2.45, 2.75) is 52.1 Å². The Labute approximate surface area is 133 Å². The van der Waals surface area contributed by atoms with Crippen LogP contribution in [-0.4, -0.2) is 23.5 Å². The van der Waals surface area contributed by atoms with Gasteiger partial charge in [0, 0.05) is 22.9 Å². The first-order valence-corrected chi connectivity index (χ1v) is 8.81. The van der Waals surface area contributed by atoms with E-state index in [1.54, 1.807) is 0 Å². The van der Waals surface area contributed by atoms with Gasteiger partial charge < -0.3 is 0 Å². The van der Waals surface area contributed by atoms with Gasteiger partial charge in [-0.3, -0.25) is 4.90 Å². The standard InChI is InChI=1S/C19H27NS/c1-15(2)20(16(3)4)13-12-18(19-11-8-14-21-19)17-9-6-5-7-10-17/h5-11,14-16,18H,12-13H2,1-4H3. The Morgan fingerprint density at radius 1 is 0.905 bits per heavy atom. The molecule has 1 heterocycles. The van der Waals surface area contributed by atoms with Crippen molar-refractivity contribution in [1.82, 2.24) is 4.90 Å². The number of rotatable bonds is 7. The van der Waals surface area contributed by atoms with Crippen LogP contribution >= 0.6 is 11.3 Å². The summed E-state index contributed by atoms with van der Waals surface area (Å²) in [6.45, 7) is 10.3. The fraction of sp³-hybridized carbons (Fsp3) is 0.474. The second-order valence-corrected chi connectivity index (χ2v) is 7.17. The summed E-state index contributed by atoms with van der Waals surface area (Å²) in [7, 11) is 0. The van der Waals surface area contributed by atoms with Crippen molar-refractivity contribution in [3.63, 3.8) is 0 Å². The summed E-state index contributed by atoms with van der Waals surface area (Å²) in [5.74, 6) is 0.520. The maximum Gasteiger partial charge on any atom is 0.0196 e. The summed E-state index contributed by atoms with van der Waals surface area (Å²) in [4.78, 5) is 4.07. The molecule has 0 spiro atoms. The molecule has 0 saturated carbocycles. The Balaban J connectivity index is 2.14. The minimum absolute atomic E-state index is 0.520. The molecule has 1 aromatic carbocycles. The van der Waals surface area contributed by atoms with Crippen molar-refractivity contribution in [3.05, 3.63) is 58.3 Å². The fourth-order valence-electron chi connectivity index (χ4n) is 3.04. The lowest BCUT2D eigenvalue weighted by Crippen LogP contribution is -2.38. The van der Waals surface area contributed by atoms with Crippen molar-refractivity contribution in [3.8, 4) is 0 Å². The number of benzene rings is 1. The largest absolute Gasteiger partial charge is 0.299 e. The van der Waals surface area contributed by atoms with E-state index in [-0.39, 0.29) is 0 Å². The third-order valence-electron chi connectivity index (χ3n) is 4.09. The SMILES string of the molecule is CC(C)N(CCC(c1ccccc1)c1cccs1)C(C)C. The van der Waals surface area contributed by atoms with Crippen LogP contribution in [0.4, 0.5) is 0 Å². The molecule has 1 atom stereocenters. The predicted molar refractivity (Wildman–Crippen MR) is 94.2 cm³/mol. The molecule has 0 fully saturated rings. The quantitative estimate of drug-likeness (QED) is 0.663. The van der Waals surface area contributed by atoms with E-state index in [0.717, 1.165) is 6.54 Å². The highest BCUT2D eigenvalue weighted by molar-refractivity contribution is 7.10. The Morgan fingerprint density at radius 3 is 2.10 bits per heavy atom. The molecule has 0 aliphatic heterocycles. The van der Waals surface area contributed by atoms with Gasteiger partial charge in [0.05, 0.1) is 0 Å². The molecule has 0 amide bonds. The summed E-state index contributed by atoms with van der Waals surface area (Å²) in [5.41, 5.74) is 1.44. The molecule has 1 aromatic heterocycles. The minimum Gasteiger partial charge on any atom is -0.299 e. The maximum absolute atomic E-state index is 2.59. The molecular weight excluding hydrogens is 274 g/mol. The van der Waals surface area contributed by atoms with Crippen LogP contribution in [0.25, 0.3) is 0 Å². The average Bonchev–Trinajstić information content (AvgIpc) is 2.97. The van der Waals surface area contributed by atoms with Gasteiger partial charge >= 0.3 is 0 Å². The molecule has 1 nitrogen and oxygen atoms in total. The van der Waals surface area contributed by atoms with Crippen LogP contribution in [0.2, 0.25) is 0 Å². The molecular formula is C19H27NS. The lowest BCUT2D eigenvalue weighted by molar-refractivity contribution is 0.171. The average molecular weight is 301 g/mol. The van der Waals surface area contributed by atoms with Gasteiger partial charge in [0.2, 0.25) is 0 Å². The molecule has 21 heavy (non-hydrogen) atoms. The molecule has 1 unspecified atom stereocenters. The van der Waals surface area contributed by atoms with Crippen molar-refractivity contribution < 1.29 is 0 Å². The van der Waals surface area contributed by atoms with Gasteiger partial charge in [-0.15, -0.1) is 11.3 Å². The van der Waals surface area contributed by atoms with Crippen molar-refractivity contribution >= 4 is 11.3 Å². The summed E-state index contributed by atoms with van der Waals surface area (Å²) < 4.78 is 0. The van der Waals surface area contributed by atoms with Crippen molar-refractivity contribution in [1.29, 1.82) is 0 Å². The molecule has 0 aliphatic carbocycles. The zero-order valence-corrected chi connectivity index (χ0v) is 14.4. The van der Waals surface area contributed by atoms with Gasteiger partial charge in [-0.05, 0) is 57.7 Å². The third kappa shape index (κ3) is 4.42. The highest BCUT2D eigenvalue weighted by atomic mass is 32.1. The molecule has 2 heteroatoms. The van der Waals surface area contributed by atoms with Gasteiger partial charge in [0.25, 0.3) is 0 Å². The first-order chi connectivity index (χ1) is 10.1. The summed E-state index contributed by atoms with van der Waals surface area (Å²) in [6.07, 6.45) is 1.18. The molecule has 0 saturated heterocycles. The monoisotopic (exact) mass is 301 g/mol. The molecule has 114 valence electrons. The zero-order valence-electron chi connectivity index (χ0n) is 13.6. The van der Waals surface area contributed by atoms with Crippen molar-refractivity contribution in [2.24, 2.45) is 0 Å². The van der Waals surface area contributed by atoms with E-state index in [1.807, 2.05) is 11.3 Å². The molecule has 2 aromatic rings. The summed E-state index contributed by atoms with van der Waals surface area (Å²) in [6, 6.07) is 16.6. The van der Waals surface area contributed by atoms with Crippen molar-refractivity contribution in [2.75, 3.05) is 6.54 Å². The van der Waals surface area contributed by atoms with E-state index in [9.17, 15) is 0 Å². The second-order valence-electron chi connectivity index (χ2n) is 6.19. The molecule has 0 radical (unpaired) electrons. The molecule has 0 bridgehead atoms. The number of hydrogen-bond acceptors (Lipinski definition) is 2. The molecule has 2 rings (SSSR count). The Hall–Kier alpha value is -1.12. The zero-order chi connectivity index (χ0) is 15.2. The number of hydrogen-bond donors (Lipinski definition) is 0. The lowest BCUT2D eigenvalue weighted by Gasteiger charge is -2.32. The van der Waals surface area contributed by atoms with Crippen LogP contribution in [-0.2, 0) is 0 Å². The second kappa shape index (κ2) is 7.77. The smallest absolute Gasteiger partial charge is 0.0196 e. The number of thiophene rings is 1. The Kier molecular flexibility index (Phi) is 6.01. The minimum atomic E-state index is 0.520. The van der Waals surface area contributed by atoms with E-state index in [0.29, 0.717) is 18.0 Å². The third-order valence-corrected chi connectivity index (χ3v) is 5.08. The predicted octanol–water partition coefficient (Wildman–Crippen LogP) is 5.39. The van der Waals surface area contributed by atoms with Gasteiger partial charge in [-0.2, -0.15) is 0 Å². The van der Waals surface area contributed by atoms with Gasteiger partial charge in [0.15, 0.2) is 0 Å². The first-order valence-electron chi connectivity index (χ1n) is 7.93. The lowest BCUT2D eigenvalue weighted by atomic mass is 9.93. The highest BCUT2D eigenvalue weighted by Crippen LogP contribution is 2.31. The normalized spacial score (nSPS) is 13.3. The molecule has 0 N–H and O–H groups in total. The van der Waals surface area contributed by atoms with Crippen LogP contribution in [0.5, 0.6) is 0 Å². The van der Waals surface area contributed by atoms with E-state index in [4.69, 9.17) is 0 Å². The van der Waals surface area contributed by atoms with Crippen LogP contribution in [0, 0.1) is 0 Å². The van der Waals surface area contributed by atoms with Crippen LogP contribution in [0.3, 0.4) is 0 Å². The van der Waals surface area contributed by atoms with Crippen LogP contribution in [0.15, 0.2) is 47.8 Å². The van der Waals surface area contributed by atoms with Gasteiger partial charge in [0.1, 0.15) is 0 Å². The first kappa shape index (κ1) is 16.3. The van der Waals surface area contributed by atoms with Gasteiger partial charge in [-0.1, -0.05) is 36.4 Å². The topological polar surface area (TPSA) is 3.24 Å². The van der Waals surface area contributed by atoms with E-state index < -0.39 is 0 Å². The van der Waals surface area contributed by atoms with E-state index >= 15 is 0 Å². The van der Waals surface area contributed by atoms with Gasteiger partial charge in [-0.25, -0.2) is 0 Å². The van der Waals surface area contributed by atoms with Crippen LogP contribution < -0.4 is 0 Å². The van der Waals surface area contributed by atoms with Crippen LogP contribution in [0.1, 0.15) is 50.5 Å². The Bertz CT molecular complexity index is 494. The summed E-state index contributed by atoms with van der Waals surface area (Å²) in [5, 5.41) is 2.19. The summed E-state index contributed by atoms with van der Waals surface area (Å²) >= 11 is 1.88. The molecule has 0 aliphatic rings. The van der Waals surface area contributed by atoms with E-state index in [1.165, 1.54) is 16.9 Å². The highest BCUT2D eigenvalue weighted by Gasteiger charge is 2.19. The Morgan fingerprint density at radius 2 is 1.57 bits per heavy atom. The maximum atomic E-state index is 2.59. The fourth-order valence-corrected chi connectivity index (χ4v) is 3.93. The van der Waals surface area contributed by atoms with E-state index in [2.05, 4.69) is 80.4 Å². The number of nitrogens with zero attached hydrogens (tertiary/aromatic N) is 1.